The first kappa shape index (κ1) is 20.6. The van der Waals surface area contributed by atoms with Gasteiger partial charge in [-0.05, 0) is 25.0 Å². The third-order valence-corrected chi connectivity index (χ3v) is 5.25. The molecule has 1 N–H and O–H groups in total. The molecule has 9 heteroatoms. The van der Waals surface area contributed by atoms with Crippen LogP contribution in [0.1, 0.15) is 25.7 Å². The van der Waals surface area contributed by atoms with Crippen LogP contribution in [0.3, 0.4) is 0 Å². The lowest BCUT2D eigenvalue weighted by molar-refractivity contribution is -0.154. The molecule has 29 heavy (non-hydrogen) atoms. The minimum atomic E-state index is -0.798. The molecule has 0 spiro atoms. The smallest absolute Gasteiger partial charge is 0.326 e. The lowest BCUT2D eigenvalue weighted by Gasteiger charge is -2.19. The Morgan fingerprint density at radius 3 is 2.24 bits per heavy atom. The van der Waals surface area contributed by atoms with Crippen molar-refractivity contribution in [2.45, 2.75) is 25.7 Å². The summed E-state index contributed by atoms with van der Waals surface area (Å²) in [5.41, 5.74) is 0.442. The van der Waals surface area contributed by atoms with Crippen LogP contribution >= 0.6 is 0 Å². The fourth-order valence-electron chi connectivity index (χ4n) is 3.82. The number of methoxy groups -OCH3 is 2. The van der Waals surface area contributed by atoms with E-state index in [4.69, 9.17) is 14.2 Å². The maximum atomic E-state index is 12.4. The van der Waals surface area contributed by atoms with E-state index in [1.165, 1.54) is 14.2 Å². The summed E-state index contributed by atoms with van der Waals surface area (Å²) in [7, 11) is 2.97. The van der Waals surface area contributed by atoms with Gasteiger partial charge in [-0.1, -0.05) is 12.8 Å². The molecule has 156 valence electrons. The number of carbonyl (C=O) groups excluding carboxylic acids is 4. The molecule has 1 saturated carbocycles. The highest BCUT2D eigenvalue weighted by atomic mass is 16.5. The first-order valence-corrected chi connectivity index (χ1v) is 9.47. The molecule has 0 bridgehead atoms. The maximum absolute atomic E-state index is 12.4. The average molecular weight is 404 g/mol. The van der Waals surface area contributed by atoms with Gasteiger partial charge >= 0.3 is 5.97 Å². The number of likely N-dealkylation sites (tertiary alicyclic amines) is 1. The molecule has 1 heterocycles. The summed E-state index contributed by atoms with van der Waals surface area (Å²) in [4.78, 5) is 49.8. The van der Waals surface area contributed by atoms with Gasteiger partial charge in [0, 0.05) is 11.8 Å². The van der Waals surface area contributed by atoms with Crippen LogP contribution in [0.25, 0.3) is 0 Å². The van der Waals surface area contributed by atoms with Gasteiger partial charge in [0.1, 0.15) is 6.54 Å². The number of imide groups is 1. The number of nitrogens with zero attached hydrogens (tertiary/aromatic N) is 1. The van der Waals surface area contributed by atoms with Crippen LogP contribution < -0.4 is 14.8 Å². The van der Waals surface area contributed by atoms with Crippen LogP contribution in [-0.4, -0.2) is 56.0 Å². The zero-order valence-corrected chi connectivity index (χ0v) is 16.4. The molecule has 1 aromatic rings. The van der Waals surface area contributed by atoms with Crippen molar-refractivity contribution in [1.82, 2.24) is 4.90 Å². The Morgan fingerprint density at radius 2 is 1.66 bits per heavy atom. The third-order valence-electron chi connectivity index (χ3n) is 5.25. The SMILES string of the molecule is COc1ccc(NC(=O)COC(=O)CN2C(=O)[C@@H]3CCCC[C@H]3C2=O)cc1OC. The van der Waals surface area contributed by atoms with E-state index in [-0.39, 0.29) is 23.7 Å². The van der Waals surface area contributed by atoms with Crippen molar-refractivity contribution in [3.63, 3.8) is 0 Å². The zero-order chi connectivity index (χ0) is 21.0. The topological polar surface area (TPSA) is 111 Å². The van der Waals surface area contributed by atoms with Crippen molar-refractivity contribution in [3.05, 3.63) is 18.2 Å². The van der Waals surface area contributed by atoms with E-state index in [2.05, 4.69) is 5.32 Å². The molecule has 9 nitrogen and oxygen atoms in total. The normalized spacial score (nSPS) is 20.8. The second-order valence-electron chi connectivity index (χ2n) is 7.04. The fraction of sp³-hybridized carbons (Fsp3) is 0.500. The highest BCUT2D eigenvalue weighted by molar-refractivity contribution is 6.07. The van der Waals surface area contributed by atoms with E-state index in [0.29, 0.717) is 30.0 Å². The number of carbonyl (C=O) groups is 4. The quantitative estimate of drug-likeness (QED) is 0.539. The Bertz CT molecular complexity index is 799. The third kappa shape index (κ3) is 4.49. The van der Waals surface area contributed by atoms with Gasteiger partial charge in [0.15, 0.2) is 18.1 Å². The Balaban J connectivity index is 1.50. The van der Waals surface area contributed by atoms with Crippen LogP contribution in [0.5, 0.6) is 11.5 Å². The number of ether oxygens (including phenoxy) is 3. The molecule has 1 aliphatic heterocycles. The van der Waals surface area contributed by atoms with E-state index in [1.807, 2.05) is 0 Å². The molecule has 0 unspecified atom stereocenters. The average Bonchev–Trinajstić information content (AvgIpc) is 2.97. The van der Waals surface area contributed by atoms with E-state index in [9.17, 15) is 19.2 Å². The van der Waals surface area contributed by atoms with Crippen molar-refractivity contribution < 1.29 is 33.4 Å². The number of esters is 1. The first-order chi connectivity index (χ1) is 13.9. The Labute approximate surface area is 168 Å². The van der Waals surface area contributed by atoms with Gasteiger partial charge in [-0.2, -0.15) is 0 Å². The Hall–Kier alpha value is -3.10. The van der Waals surface area contributed by atoms with Crippen molar-refractivity contribution in [3.8, 4) is 11.5 Å². The number of amides is 3. The Morgan fingerprint density at radius 1 is 1.03 bits per heavy atom. The maximum Gasteiger partial charge on any atom is 0.326 e. The van der Waals surface area contributed by atoms with Gasteiger partial charge < -0.3 is 19.5 Å². The van der Waals surface area contributed by atoms with Gasteiger partial charge in [0.05, 0.1) is 26.1 Å². The largest absolute Gasteiger partial charge is 0.493 e. The molecule has 3 amide bonds. The molecule has 1 saturated heterocycles. The molecule has 0 radical (unpaired) electrons. The van der Waals surface area contributed by atoms with Gasteiger partial charge in [0.2, 0.25) is 11.8 Å². The molecule has 1 aliphatic carbocycles. The summed E-state index contributed by atoms with van der Waals surface area (Å²) in [6.45, 7) is -0.995. The number of fused-ring (bicyclic) bond motifs is 1. The summed E-state index contributed by atoms with van der Waals surface area (Å²) in [6, 6.07) is 4.82. The lowest BCUT2D eigenvalue weighted by atomic mass is 9.81. The molecular formula is C20H24N2O7. The van der Waals surface area contributed by atoms with Gasteiger partial charge in [-0.15, -0.1) is 0 Å². The summed E-state index contributed by atoms with van der Waals surface area (Å²) >= 11 is 0. The van der Waals surface area contributed by atoms with Crippen LogP contribution in [0.4, 0.5) is 5.69 Å². The van der Waals surface area contributed by atoms with Gasteiger partial charge in [-0.25, -0.2) is 0 Å². The summed E-state index contributed by atoms with van der Waals surface area (Å²) < 4.78 is 15.2. The number of hydrogen-bond donors (Lipinski definition) is 1. The monoisotopic (exact) mass is 404 g/mol. The standard InChI is InChI=1S/C20H24N2O7/c1-27-15-8-7-12(9-16(15)28-2)21-17(23)11-29-18(24)10-22-19(25)13-5-3-4-6-14(13)20(22)26/h7-9,13-14H,3-6,10-11H2,1-2H3,(H,21,23)/t13-,14-/m1/s1. The van der Waals surface area contributed by atoms with E-state index >= 15 is 0 Å². The van der Waals surface area contributed by atoms with Crippen LogP contribution in [-0.2, 0) is 23.9 Å². The van der Waals surface area contributed by atoms with E-state index in [1.54, 1.807) is 18.2 Å². The van der Waals surface area contributed by atoms with Crippen molar-refractivity contribution >= 4 is 29.4 Å². The molecule has 2 fully saturated rings. The van der Waals surface area contributed by atoms with Crippen LogP contribution in [0.2, 0.25) is 0 Å². The highest BCUT2D eigenvalue weighted by Gasteiger charge is 2.48. The van der Waals surface area contributed by atoms with Gasteiger partial charge in [0.25, 0.3) is 5.91 Å². The summed E-state index contributed by atoms with van der Waals surface area (Å²) in [5, 5.41) is 2.58. The summed E-state index contributed by atoms with van der Waals surface area (Å²) in [5.74, 6) is -1.67. The minimum Gasteiger partial charge on any atom is -0.493 e. The second kappa shape index (κ2) is 8.93. The highest BCUT2D eigenvalue weighted by Crippen LogP contribution is 2.37. The predicted octanol–water partition coefficient (Wildman–Crippen LogP) is 1.36. The molecular weight excluding hydrogens is 380 g/mol. The minimum absolute atomic E-state index is 0.313. The predicted molar refractivity (Wildman–Crippen MR) is 101 cm³/mol. The van der Waals surface area contributed by atoms with Gasteiger partial charge in [-0.3, -0.25) is 24.1 Å². The number of rotatable bonds is 7. The molecule has 3 rings (SSSR count). The van der Waals surface area contributed by atoms with Crippen molar-refractivity contribution in [2.75, 3.05) is 32.7 Å². The lowest BCUT2D eigenvalue weighted by Crippen LogP contribution is -2.37. The number of anilines is 1. The number of nitrogens with one attached hydrogen (secondary N) is 1. The molecule has 2 aliphatic rings. The van der Waals surface area contributed by atoms with E-state index in [0.717, 1.165) is 17.7 Å². The number of benzene rings is 1. The first-order valence-electron chi connectivity index (χ1n) is 9.47. The van der Waals surface area contributed by atoms with E-state index < -0.39 is 25.0 Å². The molecule has 1 aromatic carbocycles. The van der Waals surface area contributed by atoms with Crippen LogP contribution in [0.15, 0.2) is 18.2 Å². The fourth-order valence-corrected chi connectivity index (χ4v) is 3.82. The van der Waals surface area contributed by atoms with Crippen molar-refractivity contribution in [1.29, 1.82) is 0 Å². The molecule has 2 atom stereocenters. The number of hydrogen-bond acceptors (Lipinski definition) is 7. The summed E-state index contributed by atoms with van der Waals surface area (Å²) in [6.07, 6.45) is 3.17. The Kier molecular flexibility index (Phi) is 6.36. The van der Waals surface area contributed by atoms with Crippen molar-refractivity contribution in [2.24, 2.45) is 11.8 Å². The van der Waals surface area contributed by atoms with Crippen LogP contribution in [0, 0.1) is 11.8 Å². The molecule has 0 aromatic heterocycles. The zero-order valence-electron chi connectivity index (χ0n) is 16.4. The second-order valence-corrected chi connectivity index (χ2v) is 7.04.